The van der Waals surface area contributed by atoms with Crippen molar-refractivity contribution < 1.29 is 14.3 Å². The first-order valence-electron chi connectivity index (χ1n) is 11.0. The maximum atomic E-state index is 12.2. The Balaban J connectivity index is 1.46. The standard InChI is InChI=1S/C27H25N5O3/c1-19-8-10-21(11-9-19)27(34)28-17-25(33)30-29-16-22-18-32(23-6-4-3-5-7-23)31-26(22)20-12-14-24(35-2)15-13-20/h3-16,18H,17H2,1-2H3,(H,28,34)(H,30,33)/b29-16-. The average molecular weight is 468 g/mol. The molecule has 8 nitrogen and oxygen atoms in total. The van der Waals surface area contributed by atoms with Crippen LogP contribution >= 0.6 is 0 Å². The summed E-state index contributed by atoms with van der Waals surface area (Å²) in [4.78, 5) is 24.4. The van der Waals surface area contributed by atoms with E-state index in [9.17, 15) is 9.59 Å². The largest absolute Gasteiger partial charge is 0.497 e. The van der Waals surface area contributed by atoms with Crippen LogP contribution in [0.2, 0.25) is 0 Å². The molecule has 0 aliphatic rings. The molecule has 0 spiro atoms. The van der Waals surface area contributed by atoms with E-state index in [0.717, 1.165) is 22.6 Å². The molecule has 4 aromatic rings. The van der Waals surface area contributed by atoms with Crippen LogP contribution in [-0.2, 0) is 4.79 Å². The number of aromatic nitrogens is 2. The molecule has 3 aromatic carbocycles. The van der Waals surface area contributed by atoms with Crippen LogP contribution in [0, 0.1) is 6.92 Å². The van der Waals surface area contributed by atoms with Gasteiger partial charge in [0.05, 0.1) is 25.6 Å². The van der Waals surface area contributed by atoms with Crippen LogP contribution in [0.4, 0.5) is 0 Å². The smallest absolute Gasteiger partial charge is 0.259 e. The molecule has 176 valence electrons. The zero-order valence-corrected chi connectivity index (χ0v) is 19.4. The monoisotopic (exact) mass is 467 g/mol. The molecule has 8 heteroatoms. The number of methoxy groups -OCH3 is 1. The summed E-state index contributed by atoms with van der Waals surface area (Å²) in [7, 11) is 1.61. The summed E-state index contributed by atoms with van der Waals surface area (Å²) in [5.41, 5.74) is 7.17. The van der Waals surface area contributed by atoms with Gasteiger partial charge < -0.3 is 10.1 Å². The number of aryl methyl sites for hydroxylation is 1. The molecule has 2 N–H and O–H groups in total. The lowest BCUT2D eigenvalue weighted by molar-refractivity contribution is -0.120. The lowest BCUT2D eigenvalue weighted by atomic mass is 10.1. The molecule has 4 rings (SSSR count). The number of rotatable bonds is 8. The van der Waals surface area contributed by atoms with Crippen molar-refractivity contribution in [1.29, 1.82) is 0 Å². The molecule has 0 radical (unpaired) electrons. The van der Waals surface area contributed by atoms with Crippen molar-refractivity contribution in [3.8, 4) is 22.7 Å². The van der Waals surface area contributed by atoms with Crippen LogP contribution in [-0.4, -0.2) is 41.5 Å². The number of benzene rings is 3. The summed E-state index contributed by atoms with van der Waals surface area (Å²) in [5, 5.41) is 11.4. The predicted molar refractivity (Wildman–Crippen MR) is 135 cm³/mol. The minimum Gasteiger partial charge on any atom is -0.497 e. The Hall–Kier alpha value is -4.72. The van der Waals surface area contributed by atoms with Gasteiger partial charge in [0.1, 0.15) is 11.4 Å². The van der Waals surface area contributed by atoms with E-state index in [0.29, 0.717) is 16.8 Å². The number of carbonyl (C=O) groups excluding carboxylic acids is 2. The number of nitrogens with zero attached hydrogens (tertiary/aromatic N) is 3. The van der Waals surface area contributed by atoms with Crippen LogP contribution in [0.25, 0.3) is 16.9 Å². The number of ether oxygens (including phenoxy) is 1. The molecule has 0 bridgehead atoms. The third kappa shape index (κ3) is 6.00. The van der Waals surface area contributed by atoms with Crippen LogP contribution in [0.1, 0.15) is 21.5 Å². The van der Waals surface area contributed by atoms with Gasteiger partial charge in [-0.05, 0) is 55.5 Å². The van der Waals surface area contributed by atoms with Gasteiger partial charge in [0, 0.05) is 22.9 Å². The van der Waals surface area contributed by atoms with E-state index in [4.69, 9.17) is 9.84 Å². The Morgan fingerprint density at radius 3 is 2.40 bits per heavy atom. The fourth-order valence-corrected chi connectivity index (χ4v) is 3.35. The van der Waals surface area contributed by atoms with Crippen molar-refractivity contribution in [2.24, 2.45) is 5.10 Å². The molecule has 2 amide bonds. The second kappa shape index (κ2) is 10.9. The topological polar surface area (TPSA) is 97.6 Å². The van der Waals surface area contributed by atoms with Crippen molar-refractivity contribution in [1.82, 2.24) is 20.5 Å². The minimum atomic E-state index is -0.442. The van der Waals surface area contributed by atoms with Crippen LogP contribution < -0.4 is 15.5 Å². The Morgan fingerprint density at radius 1 is 1.00 bits per heavy atom. The van der Waals surface area contributed by atoms with Gasteiger partial charge in [-0.2, -0.15) is 10.2 Å². The first kappa shape index (κ1) is 23.4. The zero-order valence-electron chi connectivity index (χ0n) is 19.4. The molecule has 0 unspecified atom stereocenters. The molecule has 1 heterocycles. The van der Waals surface area contributed by atoms with E-state index in [1.165, 1.54) is 6.21 Å². The SMILES string of the molecule is COc1ccc(-c2nn(-c3ccccc3)cc2/C=N\NC(=O)CNC(=O)c2ccc(C)cc2)cc1. The number of hydrazone groups is 1. The van der Waals surface area contributed by atoms with Gasteiger partial charge in [-0.15, -0.1) is 0 Å². The molecule has 1 aromatic heterocycles. The molecule has 0 atom stereocenters. The van der Waals surface area contributed by atoms with E-state index in [1.54, 1.807) is 23.9 Å². The Morgan fingerprint density at radius 2 is 1.71 bits per heavy atom. The van der Waals surface area contributed by atoms with E-state index in [-0.39, 0.29) is 12.5 Å². The van der Waals surface area contributed by atoms with Gasteiger partial charge in [0.15, 0.2) is 0 Å². The van der Waals surface area contributed by atoms with Gasteiger partial charge in [-0.3, -0.25) is 9.59 Å². The summed E-state index contributed by atoms with van der Waals surface area (Å²) in [6.07, 6.45) is 3.37. The van der Waals surface area contributed by atoms with Crippen molar-refractivity contribution in [2.75, 3.05) is 13.7 Å². The predicted octanol–water partition coefficient (Wildman–Crippen LogP) is 3.74. The van der Waals surface area contributed by atoms with Gasteiger partial charge in [-0.25, -0.2) is 10.1 Å². The highest BCUT2D eigenvalue weighted by molar-refractivity contribution is 5.96. The normalized spacial score (nSPS) is 10.8. The van der Waals surface area contributed by atoms with Gasteiger partial charge >= 0.3 is 0 Å². The Labute approximate surface area is 203 Å². The van der Waals surface area contributed by atoms with Crippen molar-refractivity contribution >= 4 is 18.0 Å². The molecule has 0 fully saturated rings. The van der Waals surface area contributed by atoms with E-state index >= 15 is 0 Å². The maximum absolute atomic E-state index is 12.2. The fraction of sp³-hybridized carbons (Fsp3) is 0.111. The Bertz CT molecular complexity index is 1330. The van der Waals surface area contributed by atoms with Crippen molar-refractivity contribution in [3.05, 3.63) is 102 Å². The summed E-state index contributed by atoms with van der Waals surface area (Å²) in [5.74, 6) is -0.0235. The summed E-state index contributed by atoms with van der Waals surface area (Å²) >= 11 is 0. The van der Waals surface area contributed by atoms with Crippen LogP contribution in [0.15, 0.2) is 90.2 Å². The highest BCUT2D eigenvalue weighted by Crippen LogP contribution is 2.25. The number of nitrogens with one attached hydrogen (secondary N) is 2. The lowest BCUT2D eigenvalue weighted by Gasteiger charge is -2.04. The number of hydrogen-bond donors (Lipinski definition) is 2. The van der Waals surface area contributed by atoms with E-state index in [1.807, 2.05) is 79.9 Å². The average Bonchev–Trinajstić information content (AvgIpc) is 3.32. The van der Waals surface area contributed by atoms with Crippen LogP contribution in [0.3, 0.4) is 0 Å². The second-order valence-corrected chi connectivity index (χ2v) is 7.78. The quantitative estimate of drug-likeness (QED) is 0.305. The molecule has 35 heavy (non-hydrogen) atoms. The first-order valence-corrected chi connectivity index (χ1v) is 11.0. The minimum absolute atomic E-state index is 0.196. The van der Waals surface area contributed by atoms with Gasteiger partial charge in [0.25, 0.3) is 11.8 Å². The molecule has 0 aliphatic heterocycles. The lowest BCUT2D eigenvalue weighted by Crippen LogP contribution is -2.34. The second-order valence-electron chi connectivity index (χ2n) is 7.78. The van der Waals surface area contributed by atoms with Crippen molar-refractivity contribution in [3.63, 3.8) is 0 Å². The number of para-hydroxylation sites is 1. The highest BCUT2D eigenvalue weighted by Gasteiger charge is 2.12. The summed E-state index contributed by atoms with van der Waals surface area (Å²) in [6.45, 7) is 1.75. The number of carbonyl (C=O) groups is 2. The molecule has 0 saturated carbocycles. The zero-order chi connectivity index (χ0) is 24.6. The first-order chi connectivity index (χ1) is 17.0. The highest BCUT2D eigenvalue weighted by atomic mass is 16.5. The van der Waals surface area contributed by atoms with E-state index < -0.39 is 5.91 Å². The third-order valence-corrected chi connectivity index (χ3v) is 5.24. The molecular formula is C27H25N5O3. The summed E-state index contributed by atoms with van der Waals surface area (Å²) in [6, 6.07) is 24.3. The maximum Gasteiger partial charge on any atom is 0.259 e. The van der Waals surface area contributed by atoms with Gasteiger partial charge in [0.2, 0.25) is 0 Å². The Kier molecular flexibility index (Phi) is 7.32. The van der Waals surface area contributed by atoms with Crippen molar-refractivity contribution in [2.45, 2.75) is 6.92 Å². The molecule has 0 saturated heterocycles. The molecular weight excluding hydrogens is 442 g/mol. The number of amides is 2. The van der Waals surface area contributed by atoms with Crippen LogP contribution in [0.5, 0.6) is 5.75 Å². The third-order valence-electron chi connectivity index (χ3n) is 5.24. The molecule has 0 aliphatic carbocycles. The number of hydrogen-bond acceptors (Lipinski definition) is 5. The van der Waals surface area contributed by atoms with E-state index in [2.05, 4.69) is 15.8 Å². The summed E-state index contributed by atoms with van der Waals surface area (Å²) < 4.78 is 7.00. The fourth-order valence-electron chi connectivity index (χ4n) is 3.35. The van der Waals surface area contributed by atoms with Gasteiger partial charge in [-0.1, -0.05) is 35.9 Å².